The Bertz CT molecular complexity index is 1270. The van der Waals surface area contributed by atoms with Gasteiger partial charge >= 0.3 is 0 Å². The van der Waals surface area contributed by atoms with E-state index in [-0.39, 0.29) is 31.2 Å². The molecule has 2 fully saturated rings. The van der Waals surface area contributed by atoms with E-state index in [4.69, 9.17) is 38.1 Å². The Morgan fingerprint density at radius 2 is 1.77 bits per heavy atom. The fourth-order valence-electron chi connectivity index (χ4n) is 5.27. The summed E-state index contributed by atoms with van der Waals surface area (Å²) in [6, 6.07) is -3.59. The molecular formula is C25H43N11O8. The van der Waals surface area contributed by atoms with Crippen molar-refractivity contribution in [2.75, 3.05) is 18.8 Å². The number of carbonyl (C=O) groups is 2. The van der Waals surface area contributed by atoms with Gasteiger partial charge in [0.05, 0.1) is 24.5 Å². The predicted molar refractivity (Wildman–Crippen MR) is 154 cm³/mol. The van der Waals surface area contributed by atoms with Gasteiger partial charge in [0.25, 0.3) is 0 Å². The predicted octanol–water partition coefficient (Wildman–Crippen LogP) is -5.92. The van der Waals surface area contributed by atoms with Gasteiger partial charge in [0, 0.05) is 25.2 Å². The monoisotopic (exact) mass is 625 g/mol. The van der Waals surface area contributed by atoms with Gasteiger partial charge in [0.15, 0.2) is 17.8 Å². The van der Waals surface area contributed by atoms with Gasteiger partial charge in [-0.25, -0.2) is 15.0 Å². The molecule has 1 saturated heterocycles. The van der Waals surface area contributed by atoms with Crippen LogP contribution in [-0.2, 0) is 25.6 Å². The second-order valence-corrected chi connectivity index (χ2v) is 11.2. The summed E-state index contributed by atoms with van der Waals surface area (Å²) in [5.41, 5.74) is 30.5. The van der Waals surface area contributed by atoms with Crippen molar-refractivity contribution in [3.8, 4) is 0 Å². The average molecular weight is 626 g/mol. The number of nitrogens with one attached hydrogen (secondary N) is 2. The zero-order valence-corrected chi connectivity index (χ0v) is 24.1. The summed E-state index contributed by atoms with van der Waals surface area (Å²) in [6.45, 7) is 0.139. The molecule has 11 atom stereocenters. The van der Waals surface area contributed by atoms with E-state index in [0.717, 1.165) is 0 Å². The van der Waals surface area contributed by atoms with Crippen molar-refractivity contribution in [2.45, 2.75) is 99.3 Å². The molecular weight excluding hydrogens is 582 g/mol. The zero-order chi connectivity index (χ0) is 32.1. The normalized spacial score (nSPS) is 33.2. The van der Waals surface area contributed by atoms with Crippen molar-refractivity contribution in [3.63, 3.8) is 0 Å². The molecule has 19 nitrogen and oxygen atoms in total. The van der Waals surface area contributed by atoms with Crippen molar-refractivity contribution in [1.29, 1.82) is 0 Å². The number of carbonyl (C=O) groups excluding carboxylic acids is 2. The number of anilines is 1. The summed E-state index contributed by atoms with van der Waals surface area (Å²) in [7, 11) is 0. The van der Waals surface area contributed by atoms with Gasteiger partial charge < -0.3 is 73.8 Å². The minimum atomic E-state index is -1.48. The summed E-state index contributed by atoms with van der Waals surface area (Å²) in [5.74, 6) is -0.537. The first-order chi connectivity index (χ1) is 20.9. The van der Waals surface area contributed by atoms with Gasteiger partial charge in [-0.2, -0.15) is 0 Å². The number of imidazole rings is 1. The van der Waals surface area contributed by atoms with Crippen LogP contribution in [0.5, 0.6) is 0 Å². The van der Waals surface area contributed by atoms with Crippen LogP contribution in [0.4, 0.5) is 5.82 Å². The van der Waals surface area contributed by atoms with Gasteiger partial charge in [0.1, 0.15) is 48.9 Å². The number of amides is 2. The maximum absolute atomic E-state index is 12.6. The maximum Gasteiger partial charge on any atom is 0.240 e. The van der Waals surface area contributed by atoms with Gasteiger partial charge in [-0.1, -0.05) is 0 Å². The Balaban J connectivity index is 1.17. The van der Waals surface area contributed by atoms with Crippen LogP contribution in [0.25, 0.3) is 11.2 Å². The highest BCUT2D eigenvalue weighted by molar-refractivity contribution is 5.83. The molecule has 44 heavy (non-hydrogen) atoms. The standard InChI is InChI=1S/C25H43N11O8/c26-10(3-1-2-4-31-14(37)7-36-9-35-16-22(30)33-8-34-23(16)36)24(42)32-6-13-18(39)19(40)15(29)25(43-13)44-21-12(28)5-11(27)17(38)20(21)41/h8-13,15,17-21,25,38-41H,1-7,26-29H2,(H,31,37)(H,32,42)(H2,30,33,34)/t10?,11-,12+,13-,15-,17+,18-,19-,20-,21-,25-/m1/s1. The third kappa shape index (κ3) is 7.75. The fraction of sp³-hybridized carbons (Fsp3) is 0.720. The number of ether oxygens (including phenoxy) is 2. The molecule has 246 valence electrons. The highest BCUT2D eigenvalue weighted by Crippen LogP contribution is 2.27. The fourth-order valence-corrected chi connectivity index (χ4v) is 5.27. The van der Waals surface area contributed by atoms with Gasteiger partial charge in [-0.15, -0.1) is 0 Å². The molecule has 0 spiro atoms. The van der Waals surface area contributed by atoms with Crippen molar-refractivity contribution in [2.24, 2.45) is 22.9 Å². The molecule has 2 aliphatic rings. The second kappa shape index (κ2) is 14.8. The van der Waals surface area contributed by atoms with Crippen molar-refractivity contribution < 1.29 is 39.5 Å². The third-order valence-corrected chi connectivity index (χ3v) is 7.95. The van der Waals surface area contributed by atoms with E-state index >= 15 is 0 Å². The number of rotatable bonds is 12. The number of aliphatic hydroxyl groups is 4. The molecule has 1 unspecified atom stereocenters. The molecule has 0 bridgehead atoms. The van der Waals surface area contributed by atoms with Crippen LogP contribution < -0.4 is 39.3 Å². The number of hydrogen-bond acceptors (Lipinski definition) is 16. The molecule has 2 aromatic heterocycles. The molecule has 2 amide bonds. The number of hydrogen-bond donors (Lipinski definition) is 11. The Labute approximate surface area is 252 Å². The van der Waals surface area contributed by atoms with E-state index < -0.39 is 73.0 Å². The van der Waals surface area contributed by atoms with E-state index in [1.54, 1.807) is 4.57 Å². The number of aliphatic hydroxyl groups excluding tert-OH is 4. The van der Waals surface area contributed by atoms with Crippen LogP contribution in [0.15, 0.2) is 12.7 Å². The van der Waals surface area contributed by atoms with E-state index in [9.17, 15) is 30.0 Å². The molecule has 3 heterocycles. The summed E-state index contributed by atoms with van der Waals surface area (Å²) < 4.78 is 13.0. The molecule has 2 aromatic rings. The average Bonchev–Trinajstić information content (AvgIpc) is 3.40. The molecule has 16 N–H and O–H groups in total. The number of nitrogens with two attached hydrogens (primary N) is 5. The Hall–Kier alpha value is -3.11. The van der Waals surface area contributed by atoms with Crippen molar-refractivity contribution in [1.82, 2.24) is 30.2 Å². The highest BCUT2D eigenvalue weighted by atomic mass is 16.7. The first-order valence-electron chi connectivity index (χ1n) is 14.4. The van der Waals surface area contributed by atoms with E-state index in [0.29, 0.717) is 37.0 Å². The summed E-state index contributed by atoms with van der Waals surface area (Å²) in [5, 5.41) is 46.8. The first-order valence-corrected chi connectivity index (χ1v) is 14.4. The summed E-state index contributed by atoms with van der Waals surface area (Å²) >= 11 is 0. The van der Waals surface area contributed by atoms with Crippen LogP contribution >= 0.6 is 0 Å². The maximum atomic E-state index is 12.6. The van der Waals surface area contributed by atoms with Gasteiger partial charge in [0.2, 0.25) is 11.8 Å². The smallest absolute Gasteiger partial charge is 0.240 e. The van der Waals surface area contributed by atoms with E-state index in [1.807, 2.05) is 0 Å². The minimum absolute atomic E-state index is 0.000378. The third-order valence-electron chi connectivity index (χ3n) is 7.95. The van der Waals surface area contributed by atoms with Crippen molar-refractivity contribution >= 4 is 28.8 Å². The Morgan fingerprint density at radius 1 is 1.02 bits per heavy atom. The van der Waals surface area contributed by atoms with E-state index in [1.165, 1.54) is 12.7 Å². The summed E-state index contributed by atoms with van der Waals surface area (Å²) in [6.07, 6.45) is -4.85. The lowest BCUT2D eigenvalue weighted by molar-refractivity contribution is -0.288. The molecule has 4 rings (SSSR count). The quantitative estimate of drug-likeness (QED) is 0.0978. The van der Waals surface area contributed by atoms with Crippen LogP contribution in [0.1, 0.15) is 25.7 Å². The largest absolute Gasteiger partial charge is 0.389 e. The lowest BCUT2D eigenvalue weighted by Crippen LogP contribution is -2.67. The SMILES string of the molecule is Nc1ncnc2c1ncn2CC(=O)NCCCCC(N)C(=O)NC[C@H]1O[C@H](O[C@H]2[C@H](O)[C@@H](O)[C@H](N)C[C@@H]2N)[C@H](N)[C@@H](O)[C@@H]1O. The number of nitrogens with zero attached hydrogens (tertiary/aromatic N) is 4. The topological polar surface area (TPSA) is 331 Å². The first kappa shape index (κ1) is 33.8. The van der Waals surface area contributed by atoms with E-state index in [2.05, 4.69) is 25.6 Å². The lowest BCUT2D eigenvalue weighted by atomic mass is 9.84. The summed E-state index contributed by atoms with van der Waals surface area (Å²) in [4.78, 5) is 37.0. The van der Waals surface area contributed by atoms with Gasteiger partial charge in [-0.3, -0.25) is 9.59 Å². The number of aromatic nitrogens is 4. The van der Waals surface area contributed by atoms with Crippen molar-refractivity contribution in [3.05, 3.63) is 12.7 Å². The van der Waals surface area contributed by atoms with Crippen LogP contribution in [0, 0.1) is 0 Å². The highest BCUT2D eigenvalue weighted by Gasteiger charge is 2.48. The van der Waals surface area contributed by atoms with Crippen LogP contribution in [0.3, 0.4) is 0 Å². The Morgan fingerprint density at radius 3 is 2.52 bits per heavy atom. The van der Waals surface area contributed by atoms with Gasteiger partial charge in [-0.05, 0) is 25.7 Å². The zero-order valence-electron chi connectivity index (χ0n) is 24.1. The molecule has 0 radical (unpaired) electrons. The molecule has 1 aliphatic heterocycles. The molecule has 19 heteroatoms. The Kier molecular flexibility index (Phi) is 11.3. The minimum Gasteiger partial charge on any atom is -0.389 e. The number of unbranched alkanes of at least 4 members (excludes halogenated alkanes) is 1. The molecule has 1 aliphatic carbocycles. The number of nitrogen functional groups attached to an aromatic ring is 1. The number of fused-ring (bicyclic) bond motifs is 1. The molecule has 1 saturated carbocycles. The lowest BCUT2D eigenvalue weighted by Gasteiger charge is -2.45. The van der Waals surface area contributed by atoms with Crippen LogP contribution in [-0.4, -0.2) is 132 Å². The second-order valence-electron chi connectivity index (χ2n) is 11.2. The molecule has 0 aromatic carbocycles. The van der Waals surface area contributed by atoms with Crippen LogP contribution in [0.2, 0.25) is 0 Å².